The number of aliphatic carboxylic acids is 1. The fourth-order valence-electron chi connectivity index (χ4n) is 1.89. The van der Waals surface area contributed by atoms with Crippen molar-refractivity contribution >= 4 is 5.97 Å². The van der Waals surface area contributed by atoms with Gasteiger partial charge in [-0.1, -0.05) is 6.92 Å². The van der Waals surface area contributed by atoms with E-state index in [1.165, 1.54) is 12.8 Å². The van der Waals surface area contributed by atoms with Crippen LogP contribution in [0.3, 0.4) is 0 Å². The van der Waals surface area contributed by atoms with Crippen molar-refractivity contribution in [3.8, 4) is 0 Å². The average molecular weight is 185 g/mol. The molecule has 13 heavy (non-hydrogen) atoms. The molecule has 0 unspecified atom stereocenters. The maximum Gasteiger partial charge on any atom is 0.303 e. The lowest BCUT2D eigenvalue weighted by Gasteiger charge is -2.17. The van der Waals surface area contributed by atoms with E-state index in [4.69, 9.17) is 10.8 Å². The van der Waals surface area contributed by atoms with Gasteiger partial charge in [-0.2, -0.15) is 0 Å². The highest BCUT2D eigenvalue weighted by Gasteiger charge is 2.29. The largest absolute Gasteiger partial charge is 0.481 e. The van der Waals surface area contributed by atoms with E-state index >= 15 is 0 Å². The van der Waals surface area contributed by atoms with Gasteiger partial charge in [-0.25, -0.2) is 0 Å². The molecule has 1 aliphatic carbocycles. The van der Waals surface area contributed by atoms with Crippen LogP contribution in [0.4, 0.5) is 0 Å². The van der Waals surface area contributed by atoms with Crippen molar-refractivity contribution in [2.45, 2.75) is 32.6 Å². The summed E-state index contributed by atoms with van der Waals surface area (Å²) in [5, 5.41) is 8.63. The summed E-state index contributed by atoms with van der Waals surface area (Å²) in [6, 6.07) is 0. The summed E-state index contributed by atoms with van der Waals surface area (Å²) in [6.45, 7) is 2.71. The van der Waals surface area contributed by atoms with E-state index in [0.29, 0.717) is 12.5 Å². The summed E-state index contributed by atoms with van der Waals surface area (Å²) < 4.78 is 0. The summed E-state index contributed by atoms with van der Waals surface area (Å²) in [5.41, 5.74) is 5.53. The molecule has 76 valence electrons. The Kier molecular flexibility index (Phi) is 3.72. The molecule has 1 rings (SSSR count). The molecular formula is C10H19NO2. The zero-order valence-electron chi connectivity index (χ0n) is 8.20. The van der Waals surface area contributed by atoms with Crippen molar-refractivity contribution < 1.29 is 9.90 Å². The Hall–Kier alpha value is -0.570. The maximum absolute atomic E-state index is 10.5. The molecule has 2 atom stereocenters. The first-order valence-corrected chi connectivity index (χ1v) is 5.05. The van der Waals surface area contributed by atoms with Crippen molar-refractivity contribution in [1.82, 2.24) is 0 Å². The summed E-state index contributed by atoms with van der Waals surface area (Å²) in [6.07, 6.45) is 3.86. The number of carbonyl (C=O) groups is 1. The van der Waals surface area contributed by atoms with Gasteiger partial charge in [-0.15, -0.1) is 0 Å². The van der Waals surface area contributed by atoms with E-state index in [0.717, 1.165) is 12.3 Å². The molecule has 0 radical (unpaired) electrons. The maximum atomic E-state index is 10.5. The van der Waals surface area contributed by atoms with Gasteiger partial charge >= 0.3 is 5.97 Å². The monoisotopic (exact) mass is 185 g/mol. The van der Waals surface area contributed by atoms with Crippen LogP contribution in [0.25, 0.3) is 0 Å². The molecular weight excluding hydrogens is 166 g/mol. The topological polar surface area (TPSA) is 63.3 Å². The van der Waals surface area contributed by atoms with Crippen LogP contribution in [0.1, 0.15) is 32.6 Å². The third-order valence-electron chi connectivity index (χ3n) is 2.93. The summed E-state index contributed by atoms with van der Waals surface area (Å²) >= 11 is 0. The molecule has 1 saturated carbocycles. The first-order valence-electron chi connectivity index (χ1n) is 5.05. The van der Waals surface area contributed by atoms with E-state index in [-0.39, 0.29) is 12.3 Å². The Morgan fingerprint density at radius 2 is 2.23 bits per heavy atom. The van der Waals surface area contributed by atoms with Crippen LogP contribution < -0.4 is 5.73 Å². The Morgan fingerprint density at radius 1 is 1.62 bits per heavy atom. The summed E-state index contributed by atoms with van der Waals surface area (Å²) in [4.78, 5) is 10.5. The molecule has 0 spiro atoms. The predicted octanol–water partition coefficient (Wildman–Crippen LogP) is 1.47. The summed E-state index contributed by atoms with van der Waals surface area (Å²) in [5.74, 6) is 0.960. The first-order chi connectivity index (χ1) is 6.13. The lowest BCUT2D eigenvalue weighted by atomic mass is 9.90. The van der Waals surface area contributed by atoms with Gasteiger partial charge in [0.05, 0.1) is 0 Å². The Balaban J connectivity index is 2.24. The second-order valence-corrected chi connectivity index (χ2v) is 4.25. The van der Waals surface area contributed by atoms with Gasteiger partial charge in [-0.3, -0.25) is 4.79 Å². The van der Waals surface area contributed by atoms with Crippen molar-refractivity contribution in [3.63, 3.8) is 0 Å². The lowest BCUT2D eigenvalue weighted by molar-refractivity contribution is -0.138. The predicted molar refractivity (Wildman–Crippen MR) is 51.3 cm³/mol. The van der Waals surface area contributed by atoms with Crippen LogP contribution in [0, 0.1) is 17.8 Å². The third-order valence-corrected chi connectivity index (χ3v) is 2.93. The molecule has 0 saturated heterocycles. The van der Waals surface area contributed by atoms with E-state index in [9.17, 15) is 4.79 Å². The van der Waals surface area contributed by atoms with Gasteiger partial charge in [0.1, 0.15) is 0 Å². The zero-order chi connectivity index (χ0) is 9.84. The van der Waals surface area contributed by atoms with Gasteiger partial charge in [0.2, 0.25) is 0 Å². The molecule has 0 heterocycles. The van der Waals surface area contributed by atoms with Gasteiger partial charge in [-0.05, 0) is 43.6 Å². The van der Waals surface area contributed by atoms with Crippen molar-refractivity contribution in [1.29, 1.82) is 0 Å². The fraction of sp³-hybridized carbons (Fsp3) is 0.900. The second kappa shape index (κ2) is 4.61. The van der Waals surface area contributed by atoms with E-state index in [1.54, 1.807) is 0 Å². The van der Waals surface area contributed by atoms with Gasteiger partial charge in [0.25, 0.3) is 0 Å². The van der Waals surface area contributed by atoms with Crippen molar-refractivity contribution in [2.75, 3.05) is 6.54 Å². The molecule has 0 amide bonds. The normalized spacial score (nSPS) is 21.1. The molecule has 3 heteroatoms. The van der Waals surface area contributed by atoms with E-state index in [2.05, 4.69) is 6.92 Å². The number of rotatable bonds is 6. The minimum atomic E-state index is -0.724. The van der Waals surface area contributed by atoms with Crippen molar-refractivity contribution in [3.05, 3.63) is 0 Å². The smallest absolute Gasteiger partial charge is 0.303 e. The van der Waals surface area contributed by atoms with Crippen LogP contribution in [-0.4, -0.2) is 17.6 Å². The Morgan fingerprint density at radius 3 is 2.62 bits per heavy atom. The van der Waals surface area contributed by atoms with Gasteiger partial charge in [0.15, 0.2) is 0 Å². The zero-order valence-corrected chi connectivity index (χ0v) is 8.20. The molecule has 3 nitrogen and oxygen atoms in total. The van der Waals surface area contributed by atoms with Crippen LogP contribution in [-0.2, 0) is 4.79 Å². The number of carboxylic acid groups (broad SMARTS) is 1. The van der Waals surface area contributed by atoms with Crippen LogP contribution in [0.2, 0.25) is 0 Å². The Bertz CT molecular complexity index is 178. The number of hydrogen-bond acceptors (Lipinski definition) is 2. The van der Waals surface area contributed by atoms with Gasteiger partial charge in [0, 0.05) is 6.42 Å². The SMILES string of the molecule is C[C@@H](C[C@H](CN)CC(=O)O)C1CC1. The molecule has 0 aromatic rings. The highest BCUT2D eigenvalue weighted by atomic mass is 16.4. The fourth-order valence-corrected chi connectivity index (χ4v) is 1.89. The molecule has 0 aromatic heterocycles. The number of carboxylic acids is 1. The van der Waals surface area contributed by atoms with Crippen LogP contribution >= 0.6 is 0 Å². The molecule has 1 fully saturated rings. The van der Waals surface area contributed by atoms with Crippen LogP contribution in [0.5, 0.6) is 0 Å². The first kappa shape index (κ1) is 10.5. The number of nitrogens with two attached hydrogens (primary N) is 1. The average Bonchev–Trinajstić information content (AvgIpc) is 2.84. The molecule has 3 N–H and O–H groups in total. The quantitative estimate of drug-likeness (QED) is 0.658. The van der Waals surface area contributed by atoms with Gasteiger partial charge < -0.3 is 10.8 Å². The molecule has 0 bridgehead atoms. The number of hydrogen-bond donors (Lipinski definition) is 2. The second-order valence-electron chi connectivity index (χ2n) is 4.25. The molecule has 1 aliphatic rings. The highest BCUT2D eigenvalue weighted by molar-refractivity contribution is 5.67. The standard InChI is InChI=1S/C10H19NO2/c1-7(9-2-3-9)4-8(6-11)5-10(12)13/h7-9H,2-6,11H2,1H3,(H,12,13)/t7-,8-/m0/s1. The Labute approximate surface area is 79.3 Å². The minimum Gasteiger partial charge on any atom is -0.481 e. The molecule has 0 aliphatic heterocycles. The van der Waals surface area contributed by atoms with Crippen LogP contribution in [0.15, 0.2) is 0 Å². The minimum absolute atomic E-state index is 0.174. The highest BCUT2D eigenvalue weighted by Crippen LogP contribution is 2.39. The van der Waals surface area contributed by atoms with E-state index < -0.39 is 5.97 Å². The van der Waals surface area contributed by atoms with Crippen molar-refractivity contribution in [2.24, 2.45) is 23.5 Å². The molecule has 0 aromatic carbocycles. The third kappa shape index (κ3) is 3.77. The lowest BCUT2D eigenvalue weighted by Crippen LogP contribution is -2.20. The van der Waals surface area contributed by atoms with E-state index in [1.807, 2.05) is 0 Å². The summed E-state index contributed by atoms with van der Waals surface area (Å²) in [7, 11) is 0.